The third-order valence-corrected chi connectivity index (χ3v) is 9.20. The third kappa shape index (κ3) is 2.00. The summed E-state index contributed by atoms with van der Waals surface area (Å²) in [5.41, 5.74) is 1.28. The fourth-order valence-corrected chi connectivity index (χ4v) is 8.19. The molecule has 2 aliphatic carbocycles. The maximum atomic E-state index is 12.8. The quantitative estimate of drug-likeness (QED) is 0.847. The van der Waals surface area contributed by atoms with Crippen LogP contribution in [0.1, 0.15) is 45.6 Å². The number of hydrogen-bond acceptors (Lipinski definition) is 3. The Labute approximate surface area is 139 Å². The first-order chi connectivity index (χ1) is 10.8. The Morgan fingerprint density at radius 2 is 2.17 bits per heavy atom. The monoisotopic (exact) mass is 337 g/mol. The highest BCUT2D eigenvalue weighted by Gasteiger charge is 2.71. The highest BCUT2D eigenvalue weighted by molar-refractivity contribution is 7.89. The van der Waals surface area contributed by atoms with Crippen molar-refractivity contribution in [1.29, 1.82) is 0 Å². The molecule has 1 saturated heterocycles. The minimum absolute atomic E-state index is 0.00982. The second-order valence-electron chi connectivity index (χ2n) is 8.19. The summed E-state index contributed by atoms with van der Waals surface area (Å²) < 4.78 is 29.4. The van der Waals surface area contributed by atoms with Crippen LogP contribution >= 0.6 is 0 Å². The van der Waals surface area contributed by atoms with Gasteiger partial charge in [0.1, 0.15) is 0 Å². The summed E-state index contributed by atoms with van der Waals surface area (Å²) in [5, 5.41) is 4.29. The second-order valence-corrected chi connectivity index (χ2v) is 10.1. The molecule has 2 saturated carbocycles. The molecule has 2 heterocycles. The van der Waals surface area contributed by atoms with Crippen molar-refractivity contribution in [2.24, 2.45) is 16.7 Å². The van der Waals surface area contributed by atoms with Crippen LogP contribution in [0.15, 0.2) is 12.4 Å². The van der Waals surface area contributed by atoms with Crippen LogP contribution in [0.3, 0.4) is 0 Å². The molecule has 1 aromatic heterocycles. The molecule has 0 amide bonds. The first-order valence-electron chi connectivity index (χ1n) is 8.81. The topological polar surface area (TPSA) is 55.2 Å². The molecule has 1 unspecified atom stereocenters. The normalized spacial score (nSPS) is 37.3. The van der Waals surface area contributed by atoms with Gasteiger partial charge in [-0.2, -0.15) is 9.40 Å². The minimum Gasteiger partial charge on any atom is -0.273 e. The Morgan fingerprint density at radius 3 is 2.83 bits per heavy atom. The molecule has 0 aromatic carbocycles. The first kappa shape index (κ1) is 15.6. The zero-order valence-corrected chi connectivity index (χ0v) is 15.1. The molecule has 0 N–H and O–H groups in total. The van der Waals surface area contributed by atoms with Gasteiger partial charge in [0.2, 0.25) is 10.0 Å². The van der Waals surface area contributed by atoms with E-state index in [1.807, 2.05) is 21.4 Å². The Hall–Kier alpha value is -0.880. The fourth-order valence-electron chi connectivity index (χ4n) is 5.62. The number of sulfonamides is 1. The van der Waals surface area contributed by atoms with Crippen LogP contribution in [-0.4, -0.2) is 40.8 Å². The summed E-state index contributed by atoms with van der Waals surface area (Å²) in [6, 6.07) is 0.225. The van der Waals surface area contributed by atoms with Gasteiger partial charge in [0.05, 0.1) is 11.9 Å². The van der Waals surface area contributed by atoms with Crippen LogP contribution < -0.4 is 0 Å². The van der Waals surface area contributed by atoms with Crippen LogP contribution in [0, 0.1) is 16.7 Å². The molecule has 3 atom stereocenters. The lowest BCUT2D eigenvalue weighted by molar-refractivity contribution is 0.114. The molecule has 23 heavy (non-hydrogen) atoms. The zero-order valence-electron chi connectivity index (χ0n) is 14.3. The number of rotatable bonds is 4. The highest BCUT2D eigenvalue weighted by Crippen LogP contribution is 2.69. The predicted octanol–water partition coefficient (Wildman–Crippen LogP) is 2.29. The van der Waals surface area contributed by atoms with Gasteiger partial charge in [-0.3, -0.25) is 4.68 Å². The fraction of sp³-hybridized carbons (Fsp3) is 0.824. The summed E-state index contributed by atoms with van der Waals surface area (Å²) in [5.74, 6) is 1.05. The van der Waals surface area contributed by atoms with Gasteiger partial charge >= 0.3 is 0 Å². The molecule has 6 heteroatoms. The van der Waals surface area contributed by atoms with Gasteiger partial charge in [-0.05, 0) is 49.5 Å². The molecule has 5 nitrogen and oxygen atoms in total. The van der Waals surface area contributed by atoms with Crippen LogP contribution in [-0.2, 0) is 23.0 Å². The van der Waals surface area contributed by atoms with Gasteiger partial charge in [-0.25, -0.2) is 8.42 Å². The number of aryl methyl sites for hydroxylation is 1. The Morgan fingerprint density at radius 1 is 1.39 bits per heavy atom. The standard InChI is InChI=1S/C17H27N3O2S/c1-4-19-11-13(10-18-19)6-8-20-15-9-14-5-7-17(15,16(14,2)3)12-23(20,21)22/h10-11,14-15H,4-9,12H2,1-3H3/t14-,15-,17?/m1/s1. The average Bonchev–Trinajstić information content (AvgIpc) is 3.14. The van der Waals surface area contributed by atoms with E-state index in [1.54, 1.807) is 0 Å². The summed E-state index contributed by atoms with van der Waals surface area (Å²) in [7, 11) is -3.12. The predicted molar refractivity (Wildman–Crippen MR) is 89.4 cm³/mol. The van der Waals surface area contributed by atoms with Crippen LogP contribution in [0.25, 0.3) is 0 Å². The van der Waals surface area contributed by atoms with Crippen molar-refractivity contribution in [3.8, 4) is 0 Å². The minimum atomic E-state index is -3.12. The average molecular weight is 337 g/mol. The second kappa shape index (κ2) is 4.82. The van der Waals surface area contributed by atoms with Gasteiger partial charge in [-0.1, -0.05) is 13.8 Å². The molecule has 0 radical (unpaired) electrons. The van der Waals surface area contributed by atoms with E-state index < -0.39 is 10.0 Å². The van der Waals surface area contributed by atoms with E-state index >= 15 is 0 Å². The number of fused-ring (bicyclic) bond motifs is 1. The van der Waals surface area contributed by atoms with Crippen LogP contribution in [0.2, 0.25) is 0 Å². The van der Waals surface area contributed by atoms with Crippen molar-refractivity contribution in [3.05, 3.63) is 18.0 Å². The number of nitrogens with zero attached hydrogens (tertiary/aromatic N) is 3. The first-order valence-corrected chi connectivity index (χ1v) is 10.4. The Kier molecular flexibility index (Phi) is 3.28. The Balaban J connectivity index is 1.57. The van der Waals surface area contributed by atoms with Crippen molar-refractivity contribution < 1.29 is 8.42 Å². The summed E-state index contributed by atoms with van der Waals surface area (Å²) in [6.07, 6.45) is 8.00. The maximum absolute atomic E-state index is 12.8. The SMILES string of the molecule is CCn1cc(CCN2[C@@H]3C[C@H]4CCC3(CS2(=O)=O)C4(C)C)cn1. The summed E-state index contributed by atoms with van der Waals surface area (Å²) in [4.78, 5) is 0. The molecule has 1 spiro atoms. The molecule has 3 aliphatic rings. The molecule has 2 bridgehead atoms. The van der Waals surface area contributed by atoms with Crippen molar-refractivity contribution in [1.82, 2.24) is 14.1 Å². The summed E-state index contributed by atoms with van der Waals surface area (Å²) in [6.45, 7) is 8.11. The van der Waals surface area contributed by atoms with Gasteiger partial charge in [0, 0.05) is 30.7 Å². The molecular formula is C17H27N3O2S. The van der Waals surface area contributed by atoms with Crippen molar-refractivity contribution >= 4 is 10.0 Å². The smallest absolute Gasteiger partial charge is 0.215 e. The maximum Gasteiger partial charge on any atom is 0.215 e. The highest BCUT2D eigenvalue weighted by atomic mass is 32.2. The molecule has 1 aromatic rings. The van der Waals surface area contributed by atoms with E-state index in [4.69, 9.17) is 0 Å². The van der Waals surface area contributed by atoms with E-state index in [2.05, 4.69) is 25.9 Å². The van der Waals surface area contributed by atoms with Crippen molar-refractivity contribution in [3.63, 3.8) is 0 Å². The van der Waals surface area contributed by atoms with Gasteiger partial charge < -0.3 is 0 Å². The van der Waals surface area contributed by atoms with E-state index in [9.17, 15) is 8.42 Å². The number of aromatic nitrogens is 2. The molecular weight excluding hydrogens is 310 g/mol. The third-order valence-electron chi connectivity index (χ3n) is 7.16. The lowest BCUT2D eigenvalue weighted by atomic mass is 9.69. The van der Waals surface area contributed by atoms with E-state index in [1.165, 1.54) is 6.42 Å². The molecule has 128 valence electrons. The largest absolute Gasteiger partial charge is 0.273 e. The van der Waals surface area contributed by atoms with Gasteiger partial charge in [0.15, 0.2) is 0 Å². The van der Waals surface area contributed by atoms with Crippen molar-refractivity contribution in [2.75, 3.05) is 12.3 Å². The van der Waals surface area contributed by atoms with Gasteiger partial charge in [0.25, 0.3) is 0 Å². The molecule has 4 rings (SSSR count). The van der Waals surface area contributed by atoms with Gasteiger partial charge in [-0.15, -0.1) is 0 Å². The Bertz CT molecular complexity index is 724. The zero-order chi connectivity index (χ0) is 16.5. The van der Waals surface area contributed by atoms with Crippen molar-refractivity contribution in [2.45, 2.75) is 59.0 Å². The van der Waals surface area contributed by atoms with E-state index in [-0.39, 0.29) is 16.9 Å². The van der Waals surface area contributed by atoms with E-state index in [0.717, 1.165) is 31.4 Å². The lowest BCUT2D eigenvalue weighted by Gasteiger charge is -2.37. The molecule has 1 aliphatic heterocycles. The molecule has 3 fully saturated rings. The van der Waals surface area contributed by atoms with E-state index in [0.29, 0.717) is 18.2 Å². The number of hydrogen-bond donors (Lipinski definition) is 0. The van der Waals surface area contributed by atoms with Crippen LogP contribution in [0.5, 0.6) is 0 Å². The van der Waals surface area contributed by atoms with Crippen LogP contribution in [0.4, 0.5) is 0 Å². The summed E-state index contributed by atoms with van der Waals surface area (Å²) >= 11 is 0. The lowest BCUT2D eigenvalue weighted by Crippen LogP contribution is -2.42.